The van der Waals surface area contributed by atoms with E-state index in [-0.39, 0.29) is 12.2 Å². The molecule has 1 aliphatic heterocycles. The molecule has 1 saturated heterocycles. The smallest absolute Gasteiger partial charge is 0.409 e. The van der Waals surface area contributed by atoms with E-state index in [0.717, 1.165) is 0 Å². The molecule has 0 aliphatic carbocycles. The summed E-state index contributed by atoms with van der Waals surface area (Å²) >= 11 is 0. The Kier molecular flexibility index (Phi) is 8.39. The second-order valence-corrected chi connectivity index (χ2v) is 5.51. The number of hydrogen-bond donors (Lipinski definition) is 1. The second-order valence-electron chi connectivity index (χ2n) is 5.51. The molecule has 23 heavy (non-hydrogen) atoms. The lowest BCUT2D eigenvalue weighted by Gasteiger charge is -2.33. The summed E-state index contributed by atoms with van der Waals surface area (Å²) in [5, 5.41) is 2.59. The van der Waals surface area contributed by atoms with Crippen molar-refractivity contribution in [2.24, 2.45) is 0 Å². The molecule has 0 unspecified atom stereocenters. The standard InChI is InChI=1S/C15H27N3O5/c1-4-22-15(21)18-9-7-17(8-10-18)14(20)13(19)16-6-5-11-23-12(2)3/h12H,4-11H2,1-3H3,(H,16,19). The Morgan fingerprint density at radius 1 is 1.09 bits per heavy atom. The van der Waals surface area contributed by atoms with E-state index in [0.29, 0.717) is 52.4 Å². The van der Waals surface area contributed by atoms with Gasteiger partial charge in [0, 0.05) is 39.3 Å². The summed E-state index contributed by atoms with van der Waals surface area (Å²) in [6.45, 7) is 8.32. The number of ether oxygens (including phenoxy) is 2. The van der Waals surface area contributed by atoms with Gasteiger partial charge in [0.25, 0.3) is 0 Å². The molecular weight excluding hydrogens is 302 g/mol. The molecule has 8 nitrogen and oxygen atoms in total. The third-order valence-electron chi connectivity index (χ3n) is 3.34. The molecule has 1 rings (SSSR count). The van der Waals surface area contributed by atoms with E-state index in [4.69, 9.17) is 9.47 Å². The maximum Gasteiger partial charge on any atom is 0.409 e. The van der Waals surface area contributed by atoms with Gasteiger partial charge in [-0.05, 0) is 27.2 Å². The van der Waals surface area contributed by atoms with Gasteiger partial charge in [0.05, 0.1) is 12.7 Å². The Hall–Kier alpha value is -1.83. The molecular formula is C15H27N3O5. The van der Waals surface area contributed by atoms with Crippen LogP contribution in [0.3, 0.4) is 0 Å². The van der Waals surface area contributed by atoms with Crippen molar-refractivity contribution in [3.63, 3.8) is 0 Å². The van der Waals surface area contributed by atoms with E-state index in [1.54, 1.807) is 6.92 Å². The molecule has 0 spiro atoms. The molecule has 8 heteroatoms. The van der Waals surface area contributed by atoms with Gasteiger partial charge in [-0.25, -0.2) is 4.79 Å². The molecule has 3 amide bonds. The second kappa shape index (κ2) is 10.0. The van der Waals surface area contributed by atoms with Crippen LogP contribution in [0.2, 0.25) is 0 Å². The van der Waals surface area contributed by atoms with Crippen LogP contribution in [0, 0.1) is 0 Å². The largest absolute Gasteiger partial charge is 0.450 e. The van der Waals surface area contributed by atoms with Crippen LogP contribution in [0.1, 0.15) is 27.2 Å². The van der Waals surface area contributed by atoms with Crippen molar-refractivity contribution in [3.8, 4) is 0 Å². The maximum atomic E-state index is 12.0. The lowest BCUT2D eigenvalue weighted by molar-refractivity contribution is -0.146. The molecule has 1 fully saturated rings. The fourth-order valence-electron chi connectivity index (χ4n) is 2.12. The van der Waals surface area contributed by atoms with Gasteiger partial charge in [0.15, 0.2) is 0 Å². The third kappa shape index (κ3) is 6.85. The van der Waals surface area contributed by atoms with Gasteiger partial charge in [-0.3, -0.25) is 9.59 Å². The van der Waals surface area contributed by atoms with Gasteiger partial charge in [0.2, 0.25) is 0 Å². The van der Waals surface area contributed by atoms with Crippen molar-refractivity contribution in [2.45, 2.75) is 33.3 Å². The van der Waals surface area contributed by atoms with Crippen LogP contribution >= 0.6 is 0 Å². The monoisotopic (exact) mass is 329 g/mol. The first-order chi connectivity index (χ1) is 11.0. The molecule has 1 heterocycles. The summed E-state index contributed by atoms with van der Waals surface area (Å²) in [4.78, 5) is 38.4. The van der Waals surface area contributed by atoms with E-state index in [9.17, 15) is 14.4 Å². The van der Waals surface area contributed by atoms with Crippen molar-refractivity contribution < 1.29 is 23.9 Å². The highest BCUT2D eigenvalue weighted by Gasteiger charge is 2.28. The molecule has 132 valence electrons. The van der Waals surface area contributed by atoms with E-state index < -0.39 is 11.8 Å². The Balaban J connectivity index is 2.25. The van der Waals surface area contributed by atoms with Crippen LogP contribution in [0.25, 0.3) is 0 Å². The van der Waals surface area contributed by atoms with Gasteiger partial charge < -0.3 is 24.6 Å². The van der Waals surface area contributed by atoms with Crippen LogP contribution in [0.15, 0.2) is 0 Å². The first-order valence-electron chi connectivity index (χ1n) is 8.06. The quantitative estimate of drug-likeness (QED) is 0.556. The number of rotatable bonds is 6. The summed E-state index contributed by atoms with van der Waals surface area (Å²) < 4.78 is 10.3. The number of piperazine rings is 1. The van der Waals surface area contributed by atoms with Gasteiger partial charge >= 0.3 is 17.9 Å². The molecule has 0 aromatic carbocycles. The number of nitrogens with one attached hydrogen (secondary N) is 1. The van der Waals surface area contributed by atoms with Crippen LogP contribution in [-0.4, -0.2) is 79.7 Å². The Morgan fingerprint density at radius 3 is 2.26 bits per heavy atom. The average molecular weight is 329 g/mol. The zero-order valence-corrected chi connectivity index (χ0v) is 14.2. The van der Waals surface area contributed by atoms with Crippen molar-refractivity contribution in [1.82, 2.24) is 15.1 Å². The molecule has 0 saturated carbocycles. The van der Waals surface area contributed by atoms with Gasteiger partial charge in [0.1, 0.15) is 0 Å². The predicted molar refractivity (Wildman–Crippen MR) is 83.9 cm³/mol. The normalized spacial score (nSPS) is 14.8. The minimum Gasteiger partial charge on any atom is -0.450 e. The summed E-state index contributed by atoms with van der Waals surface area (Å²) in [7, 11) is 0. The fourth-order valence-corrected chi connectivity index (χ4v) is 2.12. The van der Waals surface area contributed by atoms with Crippen LogP contribution in [0.5, 0.6) is 0 Å². The average Bonchev–Trinajstić information content (AvgIpc) is 2.53. The number of nitrogens with zero attached hydrogens (tertiary/aromatic N) is 2. The summed E-state index contributed by atoms with van der Waals surface area (Å²) in [5.74, 6) is -1.17. The van der Waals surface area contributed by atoms with Crippen LogP contribution in [0.4, 0.5) is 4.79 Å². The molecule has 0 atom stereocenters. The van der Waals surface area contributed by atoms with Crippen molar-refractivity contribution in [3.05, 3.63) is 0 Å². The third-order valence-corrected chi connectivity index (χ3v) is 3.34. The van der Waals surface area contributed by atoms with E-state index in [1.165, 1.54) is 9.80 Å². The van der Waals surface area contributed by atoms with Gasteiger partial charge in [-0.1, -0.05) is 0 Å². The van der Waals surface area contributed by atoms with Crippen molar-refractivity contribution >= 4 is 17.9 Å². The van der Waals surface area contributed by atoms with Gasteiger partial charge in [-0.15, -0.1) is 0 Å². The molecule has 0 aromatic heterocycles. The zero-order chi connectivity index (χ0) is 17.2. The highest BCUT2D eigenvalue weighted by atomic mass is 16.6. The molecule has 1 N–H and O–H groups in total. The topological polar surface area (TPSA) is 88.2 Å². The number of amides is 3. The van der Waals surface area contributed by atoms with E-state index in [1.807, 2.05) is 13.8 Å². The summed E-state index contributed by atoms with van der Waals surface area (Å²) in [6.07, 6.45) is 0.436. The lowest BCUT2D eigenvalue weighted by atomic mass is 10.3. The Morgan fingerprint density at radius 2 is 1.70 bits per heavy atom. The number of carbonyl (C=O) groups excluding carboxylic acids is 3. The summed E-state index contributed by atoms with van der Waals surface area (Å²) in [6, 6.07) is 0. The number of carbonyl (C=O) groups is 3. The number of hydrogen-bond acceptors (Lipinski definition) is 5. The minimum atomic E-state index is -0.612. The van der Waals surface area contributed by atoms with E-state index >= 15 is 0 Å². The Labute approximate surface area is 137 Å². The zero-order valence-electron chi connectivity index (χ0n) is 14.2. The first kappa shape index (κ1) is 19.2. The molecule has 0 aromatic rings. The van der Waals surface area contributed by atoms with Crippen LogP contribution in [-0.2, 0) is 19.1 Å². The molecule has 0 bridgehead atoms. The van der Waals surface area contributed by atoms with Crippen molar-refractivity contribution in [1.29, 1.82) is 0 Å². The Bertz CT molecular complexity index is 406. The highest BCUT2D eigenvalue weighted by molar-refractivity contribution is 6.35. The van der Waals surface area contributed by atoms with Crippen molar-refractivity contribution in [2.75, 3.05) is 45.9 Å². The fraction of sp³-hybridized carbons (Fsp3) is 0.800. The minimum absolute atomic E-state index is 0.156. The van der Waals surface area contributed by atoms with Crippen LogP contribution < -0.4 is 5.32 Å². The lowest BCUT2D eigenvalue weighted by Crippen LogP contribution is -2.54. The van der Waals surface area contributed by atoms with E-state index in [2.05, 4.69) is 5.32 Å². The highest BCUT2D eigenvalue weighted by Crippen LogP contribution is 2.04. The molecule has 0 radical (unpaired) electrons. The summed E-state index contributed by atoms with van der Waals surface area (Å²) in [5.41, 5.74) is 0. The van der Waals surface area contributed by atoms with Gasteiger partial charge in [-0.2, -0.15) is 0 Å². The molecule has 1 aliphatic rings. The first-order valence-corrected chi connectivity index (χ1v) is 8.06. The predicted octanol–water partition coefficient (Wildman–Crippen LogP) is 0.218. The maximum absolute atomic E-state index is 12.0. The SMILES string of the molecule is CCOC(=O)N1CCN(C(=O)C(=O)NCCCOC(C)C)CC1.